The fraction of sp³-hybridized carbons (Fsp3) is 0.308. The first-order chi connectivity index (χ1) is 8.75. The molecule has 3 rings (SSSR count). The van der Waals surface area contributed by atoms with Crippen LogP contribution >= 0.6 is 0 Å². The second-order valence-corrected chi connectivity index (χ2v) is 4.31. The van der Waals surface area contributed by atoms with Crippen LogP contribution in [0.15, 0.2) is 30.7 Å². The Kier molecular flexibility index (Phi) is 2.68. The van der Waals surface area contributed by atoms with Crippen LogP contribution in [0.1, 0.15) is 18.7 Å². The topological polar surface area (TPSA) is 62.3 Å². The molecule has 0 aliphatic carbocycles. The summed E-state index contributed by atoms with van der Waals surface area (Å²) in [5.74, 6) is 1.55. The molecule has 0 fully saturated rings. The number of benzene rings is 1. The van der Waals surface area contributed by atoms with Crippen molar-refractivity contribution in [2.45, 2.75) is 13.0 Å². The number of nitrogens with two attached hydrogens (primary N) is 1. The van der Waals surface area contributed by atoms with E-state index in [-0.39, 0.29) is 6.04 Å². The van der Waals surface area contributed by atoms with Crippen LogP contribution in [0.3, 0.4) is 0 Å². The van der Waals surface area contributed by atoms with Gasteiger partial charge in [0.05, 0.1) is 23.9 Å². The largest absolute Gasteiger partial charge is 0.486 e. The van der Waals surface area contributed by atoms with E-state index in [0.717, 1.165) is 22.9 Å². The van der Waals surface area contributed by atoms with Crippen molar-refractivity contribution in [3.8, 4) is 17.2 Å². The number of rotatable bonds is 2. The Hall–Kier alpha value is -2.01. The van der Waals surface area contributed by atoms with Gasteiger partial charge in [-0.3, -0.25) is 0 Å². The average molecular weight is 245 g/mol. The number of fused-ring (bicyclic) bond motifs is 1. The normalized spacial score (nSPS) is 15.4. The number of hydrogen-bond acceptors (Lipinski definition) is 4. The van der Waals surface area contributed by atoms with E-state index in [0.29, 0.717) is 13.2 Å². The minimum atomic E-state index is -0.0688. The molecule has 0 bridgehead atoms. The second-order valence-electron chi connectivity index (χ2n) is 4.31. The van der Waals surface area contributed by atoms with Crippen LogP contribution in [0.5, 0.6) is 11.5 Å². The van der Waals surface area contributed by atoms with E-state index in [1.165, 1.54) is 0 Å². The molecule has 1 aliphatic rings. The van der Waals surface area contributed by atoms with E-state index in [2.05, 4.69) is 4.98 Å². The Morgan fingerprint density at radius 3 is 2.83 bits per heavy atom. The third-order valence-electron chi connectivity index (χ3n) is 2.94. The Morgan fingerprint density at radius 2 is 2.06 bits per heavy atom. The van der Waals surface area contributed by atoms with Crippen molar-refractivity contribution in [1.82, 2.24) is 9.55 Å². The number of ether oxygens (including phenoxy) is 2. The van der Waals surface area contributed by atoms with Gasteiger partial charge in [-0.25, -0.2) is 4.98 Å². The van der Waals surface area contributed by atoms with E-state index in [9.17, 15) is 0 Å². The molecule has 0 saturated heterocycles. The van der Waals surface area contributed by atoms with Gasteiger partial charge in [0, 0.05) is 12.1 Å². The van der Waals surface area contributed by atoms with Crippen LogP contribution in [0.4, 0.5) is 0 Å². The lowest BCUT2D eigenvalue weighted by atomic mass is 10.2. The van der Waals surface area contributed by atoms with Crippen molar-refractivity contribution in [2.24, 2.45) is 5.73 Å². The monoisotopic (exact) mass is 245 g/mol. The summed E-state index contributed by atoms with van der Waals surface area (Å²) in [4.78, 5) is 4.14. The maximum Gasteiger partial charge on any atom is 0.163 e. The van der Waals surface area contributed by atoms with Crippen molar-refractivity contribution in [3.63, 3.8) is 0 Å². The van der Waals surface area contributed by atoms with Crippen LogP contribution in [0.2, 0.25) is 0 Å². The van der Waals surface area contributed by atoms with Crippen LogP contribution in [-0.2, 0) is 0 Å². The highest BCUT2D eigenvalue weighted by Gasteiger charge is 2.14. The molecular formula is C13H15N3O2. The second kappa shape index (κ2) is 4.34. The zero-order chi connectivity index (χ0) is 12.5. The van der Waals surface area contributed by atoms with Gasteiger partial charge in [-0.05, 0) is 19.1 Å². The number of imidazole rings is 1. The molecule has 0 amide bonds. The van der Waals surface area contributed by atoms with Gasteiger partial charge in [-0.1, -0.05) is 0 Å². The fourth-order valence-electron chi connectivity index (χ4n) is 2.04. The average Bonchev–Trinajstić information content (AvgIpc) is 2.87. The summed E-state index contributed by atoms with van der Waals surface area (Å²) < 4.78 is 13.0. The van der Waals surface area contributed by atoms with E-state index in [1.807, 2.05) is 29.7 Å². The van der Waals surface area contributed by atoms with Crippen LogP contribution in [0, 0.1) is 0 Å². The third-order valence-corrected chi connectivity index (χ3v) is 2.94. The van der Waals surface area contributed by atoms with Crippen molar-refractivity contribution in [1.29, 1.82) is 0 Å². The molecule has 1 aromatic carbocycles. The van der Waals surface area contributed by atoms with E-state index < -0.39 is 0 Å². The van der Waals surface area contributed by atoms with Gasteiger partial charge in [-0.2, -0.15) is 0 Å². The third kappa shape index (κ3) is 1.82. The van der Waals surface area contributed by atoms with E-state index in [4.69, 9.17) is 15.2 Å². The molecule has 1 aliphatic heterocycles. The number of aromatic nitrogens is 2. The van der Waals surface area contributed by atoms with Crippen molar-refractivity contribution in [3.05, 3.63) is 36.4 Å². The summed E-state index contributed by atoms with van der Waals surface area (Å²) in [7, 11) is 0. The van der Waals surface area contributed by atoms with Crippen molar-refractivity contribution < 1.29 is 9.47 Å². The molecule has 18 heavy (non-hydrogen) atoms. The molecule has 5 nitrogen and oxygen atoms in total. The van der Waals surface area contributed by atoms with Gasteiger partial charge in [-0.15, -0.1) is 0 Å². The smallest absolute Gasteiger partial charge is 0.163 e. The van der Waals surface area contributed by atoms with Gasteiger partial charge >= 0.3 is 0 Å². The fourth-order valence-corrected chi connectivity index (χ4v) is 2.04. The molecule has 1 atom stereocenters. The van der Waals surface area contributed by atoms with E-state index in [1.54, 1.807) is 12.5 Å². The lowest BCUT2D eigenvalue weighted by Crippen LogP contribution is -2.16. The first-order valence-electron chi connectivity index (χ1n) is 5.93. The summed E-state index contributed by atoms with van der Waals surface area (Å²) in [5.41, 5.74) is 7.86. The van der Waals surface area contributed by atoms with E-state index >= 15 is 0 Å². The minimum absolute atomic E-state index is 0.0688. The SMILES string of the molecule is C[C@@H](N)c1cncn1-c1ccc2c(c1)OCCO2. The molecule has 0 saturated carbocycles. The Labute approximate surface area is 105 Å². The van der Waals surface area contributed by atoms with Crippen LogP contribution < -0.4 is 15.2 Å². The molecule has 2 aromatic rings. The molecule has 94 valence electrons. The van der Waals surface area contributed by atoms with Gasteiger partial charge in [0.2, 0.25) is 0 Å². The molecule has 0 unspecified atom stereocenters. The highest BCUT2D eigenvalue weighted by Crippen LogP contribution is 2.32. The van der Waals surface area contributed by atoms with Crippen molar-refractivity contribution >= 4 is 0 Å². The molecular weight excluding hydrogens is 230 g/mol. The zero-order valence-electron chi connectivity index (χ0n) is 10.2. The number of nitrogens with zero attached hydrogens (tertiary/aromatic N) is 2. The Bertz CT molecular complexity index is 563. The Balaban J connectivity index is 2.04. The maximum atomic E-state index is 5.92. The predicted molar refractivity (Wildman–Crippen MR) is 67.2 cm³/mol. The van der Waals surface area contributed by atoms with Gasteiger partial charge in [0.15, 0.2) is 11.5 Å². The molecule has 0 spiro atoms. The standard InChI is InChI=1S/C13H15N3O2/c1-9(14)11-7-15-8-16(11)10-2-3-12-13(6-10)18-5-4-17-12/h2-3,6-9H,4-5,14H2,1H3/t9-/m1/s1. The van der Waals surface area contributed by atoms with Crippen LogP contribution in [-0.4, -0.2) is 22.8 Å². The summed E-state index contributed by atoms with van der Waals surface area (Å²) in [5, 5.41) is 0. The zero-order valence-corrected chi connectivity index (χ0v) is 10.2. The molecule has 5 heteroatoms. The van der Waals surface area contributed by atoms with Crippen LogP contribution in [0.25, 0.3) is 5.69 Å². The number of hydrogen-bond donors (Lipinski definition) is 1. The van der Waals surface area contributed by atoms with Gasteiger partial charge in [0.25, 0.3) is 0 Å². The molecule has 2 heterocycles. The summed E-state index contributed by atoms with van der Waals surface area (Å²) in [6.45, 7) is 3.12. The first-order valence-corrected chi connectivity index (χ1v) is 5.93. The minimum Gasteiger partial charge on any atom is -0.486 e. The summed E-state index contributed by atoms with van der Waals surface area (Å²) >= 11 is 0. The molecule has 1 aromatic heterocycles. The summed E-state index contributed by atoms with van der Waals surface area (Å²) in [6.07, 6.45) is 3.53. The predicted octanol–water partition coefficient (Wildman–Crippen LogP) is 1.66. The maximum absolute atomic E-state index is 5.92. The van der Waals surface area contributed by atoms with Gasteiger partial charge < -0.3 is 19.8 Å². The molecule has 2 N–H and O–H groups in total. The van der Waals surface area contributed by atoms with Crippen molar-refractivity contribution in [2.75, 3.05) is 13.2 Å². The first kappa shape index (κ1) is 11.1. The lowest BCUT2D eigenvalue weighted by molar-refractivity contribution is 0.171. The Morgan fingerprint density at radius 1 is 1.28 bits per heavy atom. The highest BCUT2D eigenvalue weighted by atomic mass is 16.6. The lowest BCUT2D eigenvalue weighted by Gasteiger charge is -2.19. The highest BCUT2D eigenvalue weighted by molar-refractivity contribution is 5.50. The quantitative estimate of drug-likeness (QED) is 0.874. The molecule has 0 radical (unpaired) electrons. The van der Waals surface area contributed by atoms with Gasteiger partial charge in [0.1, 0.15) is 13.2 Å². The summed E-state index contributed by atoms with van der Waals surface area (Å²) in [6, 6.07) is 5.76.